The van der Waals surface area contributed by atoms with E-state index in [2.05, 4.69) is 66.4 Å². The second-order valence-corrected chi connectivity index (χ2v) is 8.54. The fraction of sp³-hybridized carbons (Fsp3) is 0.316. The summed E-state index contributed by atoms with van der Waals surface area (Å²) in [6.07, 6.45) is 3.04. The van der Waals surface area contributed by atoms with Crippen molar-refractivity contribution in [3.63, 3.8) is 0 Å². The third kappa shape index (κ3) is 3.46. The molecule has 120 valence electrons. The van der Waals surface area contributed by atoms with Crippen molar-refractivity contribution < 1.29 is 0 Å². The number of rotatable bonds is 2. The normalized spacial score (nSPS) is 12.1. The molecule has 0 saturated carbocycles. The molecule has 0 N–H and O–H groups in total. The van der Waals surface area contributed by atoms with Gasteiger partial charge in [-0.15, -0.1) is 0 Å². The Morgan fingerprint density at radius 1 is 1.22 bits per heavy atom. The minimum absolute atomic E-state index is 0.166. The van der Waals surface area contributed by atoms with Gasteiger partial charge in [-0.2, -0.15) is 0 Å². The Labute approximate surface area is 150 Å². The molecule has 0 aliphatic carbocycles. The molecule has 0 spiro atoms. The molecule has 1 aromatic carbocycles. The largest absolute Gasteiger partial charge is 0.302 e. The van der Waals surface area contributed by atoms with Crippen LogP contribution in [0.4, 0.5) is 0 Å². The van der Waals surface area contributed by atoms with Gasteiger partial charge in [0.05, 0.1) is 11.4 Å². The topological polar surface area (TPSA) is 17.3 Å². The zero-order chi connectivity index (χ0) is 16.8. The molecule has 4 heteroatoms. The molecule has 2 aromatic heterocycles. The molecule has 0 bridgehead atoms. The second-order valence-electron chi connectivity index (χ2n) is 7.19. The first-order valence-electron chi connectivity index (χ1n) is 7.68. The predicted molar refractivity (Wildman–Crippen MR) is 101 cm³/mol. The summed E-state index contributed by atoms with van der Waals surface area (Å²) in [7, 11) is 0. The highest BCUT2D eigenvalue weighted by atomic mass is 79.9. The fourth-order valence-corrected chi connectivity index (χ4v) is 3.59. The molecule has 0 atom stereocenters. The maximum Gasteiger partial charge on any atom is 0.140 e. The number of hydrogen-bond donors (Lipinski definition) is 0. The number of hydrogen-bond acceptors (Lipinski definition) is 1. The van der Waals surface area contributed by atoms with Crippen LogP contribution >= 0.6 is 27.5 Å². The lowest BCUT2D eigenvalue weighted by Gasteiger charge is -2.19. The quantitative estimate of drug-likeness (QED) is 0.500. The molecule has 2 heterocycles. The van der Waals surface area contributed by atoms with Gasteiger partial charge in [-0.1, -0.05) is 44.5 Å². The molecule has 0 unspecified atom stereocenters. The van der Waals surface area contributed by atoms with Gasteiger partial charge in [0, 0.05) is 21.3 Å². The van der Waals surface area contributed by atoms with Gasteiger partial charge in [0.2, 0.25) is 0 Å². The Balaban J connectivity index is 2.32. The van der Waals surface area contributed by atoms with E-state index in [9.17, 15) is 0 Å². The van der Waals surface area contributed by atoms with Crippen molar-refractivity contribution in [2.45, 2.75) is 34.1 Å². The van der Waals surface area contributed by atoms with Crippen molar-refractivity contribution in [3.05, 3.63) is 57.3 Å². The van der Waals surface area contributed by atoms with Crippen LogP contribution in [0.3, 0.4) is 0 Å². The average Bonchev–Trinajstić information content (AvgIpc) is 2.76. The lowest BCUT2D eigenvalue weighted by Crippen LogP contribution is -2.12. The summed E-state index contributed by atoms with van der Waals surface area (Å²) in [4.78, 5) is 4.93. The summed E-state index contributed by atoms with van der Waals surface area (Å²) >= 11 is 9.80. The van der Waals surface area contributed by atoms with Gasteiger partial charge in [0.1, 0.15) is 5.65 Å². The molecule has 0 aliphatic heterocycles. The van der Waals surface area contributed by atoms with Crippen molar-refractivity contribution in [1.29, 1.82) is 0 Å². The molecule has 0 amide bonds. The van der Waals surface area contributed by atoms with Crippen LogP contribution in [0, 0.1) is 12.3 Å². The second kappa shape index (κ2) is 5.95. The minimum atomic E-state index is 0.166. The van der Waals surface area contributed by atoms with Crippen LogP contribution in [-0.4, -0.2) is 9.38 Å². The van der Waals surface area contributed by atoms with Gasteiger partial charge in [-0.3, -0.25) is 0 Å². The summed E-state index contributed by atoms with van der Waals surface area (Å²) in [5.41, 5.74) is 5.63. The van der Waals surface area contributed by atoms with E-state index < -0.39 is 0 Å². The molecular formula is C19H20BrClN2. The first-order chi connectivity index (χ1) is 10.7. The zero-order valence-corrected chi connectivity index (χ0v) is 16.2. The van der Waals surface area contributed by atoms with Gasteiger partial charge >= 0.3 is 0 Å². The van der Waals surface area contributed by atoms with Crippen molar-refractivity contribution >= 4 is 33.2 Å². The average molecular weight is 392 g/mol. The lowest BCUT2D eigenvalue weighted by atomic mass is 9.89. The zero-order valence-electron chi connectivity index (χ0n) is 13.8. The fourth-order valence-electron chi connectivity index (χ4n) is 2.85. The predicted octanol–water partition coefficient (Wildman–Crippen LogP) is 6.31. The van der Waals surface area contributed by atoms with Crippen molar-refractivity contribution in [2.24, 2.45) is 5.41 Å². The van der Waals surface area contributed by atoms with Gasteiger partial charge in [0.15, 0.2) is 0 Å². The van der Waals surface area contributed by atoms with Crippen molar-refractivity contribution in [3.8, 4) is 11.3 Å². The van der Waals surface area contributed by atoms with Gasteiger partial charge in [-0.25, -0.2) is 4.98 Å². The van der Waals surface area contributed by atoms with Gasteiger partial charge in [-0.05, 0) is 58.5 Å². The molecule has 0 saturated heterocycles. The van der Waals surface area contributed by atoms with Crippen LogP contribution in [0.15, 0.2) is 41.0 Å². The highest BCUT2D eigenvalue weighted by Crippen LogP contribution is 2.33. The third-order valence-electron chi connectivity index (χ3n) is 3.77. The van der Waals surface area contributed by atoms with Gasteiger partial charge < -0.3 is 4.40 Å². The van der Waals surface area contributed by atoms with Crippen LogP contribution in [0.5, 0.6) is 0 Å². The van der Waals surface area contributed by atoms with E-state index in [-0.39, 0.29) is 5.41 Å². The Bertz CT molecular complexity index is 875. The molecule has 0 fully saturated rings. The summed E-state index contributed by atoms with van der Waals surface area (Å²) < 4.78 is 3.27. The van der Waals surface area contributed by atoms with Crippen LogP contribution in [0.25, 0.3) is 16.9 Å². The highest BCUT2D eigenvalue weighted by Gasteiger charge is 2.21. The first kappa shape index (κ1) is 16.5. The Morgan fingerprint density at radius 2 is 1.96 bits per heavy atom. The summed E-state index contributed by atoms with van der Waals surface area (Å²) in [6.45, 7) is 8.84. The van der Waals surface area contributed by atoms with Crippen LogP contribution in [0.2, 0.25) is 5.02 Å². The molecular weight excluding hydrogens is 372 g/mol. The maximum atomic E-state index is 6.19. The Hall–Kier alpha value is -1.32. The van der Waals surface area contributed by atoms with Gasteiger partial charge in [0.25, 0.3) is 0 Å². The Kier molecular flexibility index (Phi) is 4.28. The third-order valence-corrected chi connectivity index (χ3v) is 4.43. The van der Waals surface area contributed by atoms with Crippen LogP contribution in [0.1, 0.15) is 32.0 Å². The smallest absolute Gasteiger partial charge is 0.140 e. The van der Waals surface area contributed by atoms with E-state index in [1.54, 1.807) is 0 Å². The lowest BCUT2D eigenvalue weighted by molar-refractivity contribution is 0.405. The standard InChI is InChI=1S/C19H20BrClN2/c1-12-8-14(20)11-23-16(10-19(2,3)4)17(22-18(12)23)13-6-5-7-15(21)9-13/h5-9,11H,10H2,1-4H3. The number of pyridine rings is 1. The molecule has 3 rings (SSSR count). The molecule has 23 heavy (non-hydrogen) atoms. The SMILES string of the molecule is Cc1cc(Br)cn2c(CC(C)(C)C)c(-c3cccc(Cl)c3)nc12. The van der Waals surface area contributed by atoms with E-state index in [1.807, 2.05) is 18.2 Å². The van der Waals surface area contributed by atoms with Crippen LogP contribution < -0.4 is 0 Å². The van der Waals surface area contributed by atoms with Crippen molar-refractivity contribution in [1.82, 2.24) is 9.38 Å². The molecule has 0 aliphatic rings. The number of fused-ring (bicyclic) bond motifs is 1. The van der Waals surface area contributed by atoms with Crippen LogP contribution in [-0.2, 0) is 6.42 Å². The van der Waals surface area contributed by atoms with E-state index in [4.69, 9.17) is 16.6 Å². The monoisotopic (exact) mass is 390 g/mol. The number of nitrogens with zero attached hydrogens (tertiary/aromatic N) is 2. The number of aryl methyl sites for hydroxylation is 1. The Morgan fingerprint density at radius 3 is 2.61 bits per heavy atom. The number of aromatic nitrogens is 2. The summed E-state index contributed by atoms with van der Waals surface area (Å²) in [5, 5.41) is 0.735. The number of imidazole rings is 1. The molecule has 0 radical (unpaired) electrons. The number of benzene rings is 1. The summed E-state index contributed by atoms with van der Waals surface area (Å²) in [5.74, 6) is 0. The van der Waals surface area contributed by atoms with E-state index in [0.717, 1.165) is 38.4 Å². The van der Waals surface area contributed by atoms with E-state index >= 15 is 0 Å². The number of halogens is 2. The molecule has 2 nitrogen and oxygen atoms in total. The maximum absolute atomic E-state index is 6.19. The molecule has 3 aromatic rings. The summed E-state index contributed by atoms with van der Waals surface area (Å²) in [6, 6.07) is 10.0. The first-order valence-corrected chi connectivity index (χ1v) is 8.85. The minimum Gasteiger partial charge on any atom is -0.302 e. The van der Waals surface area contributed by atoms with E-state index in [0.29, 0.717) is 0 Å². The highest BCUT2D eigenvalue weighted by molar-refractivity contribution is 9.10. The van der Waals surface area contributed by atoms with E-state index in [1.165, 1.54) is 5.69 Å². The van der Waals surface area contributed by atoms with Crippen molar-refractivity contribution in [2.75, 3.05) is 0 Å².